The van der Waals surface area contributed by atoms with E-state index in [-0.39, 0.29) is 0 Å². The van der Waals surface area contributed by atoms with Gasteiger partial charge in [-0.15, -0.1) is 0 Å². The van der Waals surface area contributed by atoms with Gasteiger partial charge in [0.05, 0.1) is 7.11 Å². The maximum atomic E-state index is 5.53. The molecule has 1 rings (SSSR count). The molecule has 0 heterocycles. The van der Waals surface area contributed by atoms with Crippen molar-refractivity contribution in [3.05, 3.63) is 29.3 Å². The summed E-state index contributed by atoms with van der Waals surface area (Å²) in [5.41, 5.74) is 2.56. The zero-order valence-electron chi connectivity index (χ0n) is 13.5. The molecule has 0 bridgehead atoms. The van der Waals surface area contributed by atoms with E-state index >= 15 is 0 Å². The number of rotatable bonds is 10. The smallest absolute Gasteiger partial charge is 0.123 e. The number of nitrogens with one attached hydrogen (secondary N) is 1. The zero-order chi connectivity index (χ0) is 14.8. The Morgan fingerprint density at radius 2 is 1.90 bits per heavy atom. The molecule has 0 radical (unpaired) electrons. The van der Waals surface area contributed by atoms with E-state index < -0.39 is 0 Å². The number of methoxy groups -OCH3 is 1. The van der Waals surface area contributed by atoms with E-state index in [0.717, 1.165) is 38.5 Å². The summed E-state index contributed by atoms with van der Waals surface area (Å²) in [5.74, 6) is 0.999. The van der Waals surface area contributed by atoms with Crippen LogP contribution >= 0.6 is 0 Å². The van der Waals surface area contributed by atoms with Crippen molar-refractivity contribution in [3.63, 3.8) is 0 Å². The summed E-state index contributed by atoms with van der Waals surface area (Å²) >= 11 is 0. The first-order valence-corrected chi connectivity index (χ1v) is 7.83. The standard InChI is InChI=1S/C17H30N2O/c1-5-8-11-18-13-16-10-9-15(12-17(16)20-4)14-19(6-2)7-3/h9-10,12,18H,5-8,11,13-14H2,1-4H3. The Morgan fingerprint density at radius 3 is 2.50 bits per heavy atom. The zero-order valence-corrected chi connectivity index (χ0v) is 13.5. The third-order valence-corrected chi connectivity index (χ3v) is 3.67. The second-order valence-electron chi connectivity index (χ2n) is 5.14. The molecule has 1 aromatic rings. The molecule has 0 atom stereocenters. The average molecular weight is 278 g/mol. The molecular formula is C17H30N2O. The van der Waals surface area contributed by atoms with Gasteiger partial charge in [-0.3, -0.25) is 4.90 Å². The van der Waals surface area contributed by atoms with Crippen LogP contribution in [0.2, 0.25) is 0 Å². The van der Waals surface area contributed by atoms with Crippen LogP contribution in [0.3, 0.4) is 0 Å². The monoisotopic (exact) mass is 278 g/mol. The van der Waals surface area contributed by atoms with Crippen molar-refractivity contribution >= 4 is 0 Å². The quantitative estimate of drug-likeness (QED) is 0.664. The van der Waals surface area contributed by atoms with Crippen LogP contribution < -0.4 is 10.1 Å². The Kier molecular flexibility index (Phi) is 8.31. The van der Waals surface area contributed by atoms with Crippen LogP contribution in [0.15, 0.2) is 18.2 Å². The van der Waals surface area contributed by atoms with Gasteiger partial charge in [-0.1, -0.05) is 39.3 Å². The normalized spacial score (nSPS) is 11.1. The summed E-state index contributed by atoms with van der Waals surface area (Å²) in [6, 6.07) is 6.59. The van der Waals surface area contributed by atoms with Crippen molar-refractivity contribution in [2.45, 2.75) is 46.7 Å². The molecule has 114 valence electrons. The maximum Gasteiger partial charge on any atom is 0.123 e. The predicted molar refractivity (Wildman–Crippen MR) is 86.2 cm³/mol. The summed E-state index contributed by atoms with van der Waals surface area (Å²) in [6.45, 7) is 11.7. The topological polar surface area (TPSA) is 24.5 Å². The number of hydrogen-bond donors (Lipinski definition) is 1. The second-order valence-corrected chi connectivity index (χ2v) is 5.14. The molecule has 0 aromatic heterocycles. The highest BCUT2D eigenvalue weighted by Crippen LogP contribution is 2.21. The van der Waals surface area contributed by atoms with Crippen LogP contribution in [0.5, 0.6) is 5.75 Å². The Morgan fingerprint density at radius 1 is 1.15 bits per heavy atom. The molecule has 20 heavy (non-hydrogen) atoms. The molecule has 0 saturated heterocycles. The fourth-order valence-corrected chi connectivity index (χ4v) is 2.26. The molecule has 1 N–H and O–H groups in total. The molecule has 0 aliphatic carbocycles. The molecule has 3 nitrogen and oxygen atoms in total. The Bertz CT molecular complexity index is 375. The van der Waals surface area contributed by atoms with Crippen LogP contribution in [0.4, 0.5) is 0 Å². The van der Waals surface area contributed by atoms with Gasteiger partial charge in [-0.25, -0.2) is 0 Å². The van der Waals surface area contributed by atoms with Gasteiger partial charge in [0, 0.05) is 18.7 Å². The van der Waals surface area contributed by atoms with Crippen LogP contribution in [-0.2, 0) is 13.1 Å². The highest BCUT2D eigenvalue weighted by molar-refractivity contribution is 5.37. The average Bonchev–Trinajstić information content (AvgIpc) is 2.49. The fourth-order valence-electron chi connectivity index (χ4n) is 2.26. The largest absolute Gasteiger partial charge is 0.496 e. The Hall–Kier alpha value is -1.06. The van der Waals surface area contributed by atoms with Gasteiger partial charge in [0.15, 0.2) is 0 Å². The van der Waals surface area contributed by atoms with Crippen LogP contribution in [0.25, 0.3) is 0 Å². The van der Waals surface area contributed by atoms with Gasteiger partial charge in [-0.05, 0) is 37.7 Å². The molecule has 0 fully saturated rings. The molecular weight excluding hydrogens is 248 g/mol. The minimum Gasteiger partial charge on any atom is -0.496 e. The van der Waals surface area contributed by atoms with Gasteiger partial charge in [0.25, 0.3) is 0 Å². The second kappa shape index (κ2) is 9.78. The SMILES string of the molecule is CCCCNCc1ccc(CN(CC)CC)cc1OC. The van der Waals surface area contributed by atoms with E-state index in [9.17, 15) is 0 Å². The lowest BCUT2D eigenvalue weighted by Gasteiger charge is -2.19. The predicted octanol–water partition coefficient (Wildman–Crippen LogP) is 3.43. The molecule has 1 aromatic carbocycles. The summed E-state index contributed by atoms with van der Waals surface area (Å²) in [4.78, 5) is 2.41. The van der Waals surface area contributed by atoms with E-state index in [0.29, 0.717) is 0 Å². The molecule has 0 spiro atoms. The van der Waals surface area contributed by atoms with Gasteiger partial charge in [-0.2, -0.15) is 0 Å². The van der Waals surface area contributed by atoms with E-state index in [1.807, 2.05) is 0 Å². The van der Waals surface area contributed by atoms with E-state index in [1.54, 1.807) is 7.11 Å². The molecule has 0 amide bonds. The molecule has 0 saturated carbocycles. The van der Waals surface area contributed by atoms with Gasteiger partial charge in [0.2, 0.25) is 0 Å². The highest BCUT2D eigenvalue weighted by Gasteiger charge is 2.06. The Labute approximate surface area is 124 Å². The minimum atomic E-state index is 0.884. The fraction of sp³-hybridized carbons (Fsp3) is 0.647. The number of hydrogen-bond acceptors (Lipinski definition) is 3. The number of benzene rings is 1. The highest BCUT2D eigenvalue weighted by atomic mass is 16.5. The summed E-state index contributed by atoms with van der Waals surface area (Å²) in [5, 5.41) is 3.47. The van der Waals surface area contributed by atoms with Crippen molar-refractivity contribution in [3.8, 4) is 5.75 Å². The summed E-state index contributed by atoms with van der Waals surface area (Å²) in [7, 11) is 1.76. The molecule has 3 heteroatoms. The molecule has 0 unspecified atom stereocenters. The van der Waals surface area contributed by atoms with Gasteiger partial charge in [0.1, 0.15) is 5.75 Å². The maximum absolute atomic E-state index is 5.53. The van der Waals surface area contributed by atoms with Crippen LogP contribution in [-0.4, -0.2) is 31.6 Å². The Balaban J connectivity index is 2.64. The summed E-state index contributed by atoms with van der Waals surface area (Å²) < 4.78 is 5.53. The lowest BCUT2D eigenvalue weighted by atomic mass is 10.1. The minimum absolute atomic E-state index is 0.884. The van der Waals surface area contributed by atoms with E-state index in [4.69, 9.17) is 4.74 Å². The number of ether oxygens (including phenoxy) is 1. The number of unbranched alkanes of at least 4 members (excludes halogenated alkanes) is 1. The molecule has 0 aliphatic heterocycles. The van der Waals surface area contributed by atoms with Crippen molar-refractivity contribution in [1.82, 2.24) is 10.2 Å². The number of nitrogens with zero attached hydrogens (tertiary/aromatic N) is 1. The molecule has 0 aliphatic rings. The van der Waals surface area contributed by atoms with E-state index in [1.165, 1.54) is 24.0 Å². The third-order valence-electron chi connectivity index (χ3n) is 3.67. The van der Waals surface area contributed by atoms with Crippen molar-refractivity contribution in [1.29, 1.82) is 0 Å². The lowest BCUT2D eigenvalue weighted by Crippen LogP contribution is -2.22. The lowest BCUT2D eigenvalue weighted by molar-refractivity contribution is 0.295. The first-order chi connectivity index (χ1) is 9.74. The first-order valence-electron chi connectivity index (χ1n) is 7.83. The van der Waals surface area contributed by atoms with Crippen LogP contribution in [0.1, 0.15) is 44.7 Å². The first kappa shape index (κ1) is 17.0. The van der Waals surface area contributed by atoms with Gasteiger partial charge < -0.3 is 10.1 Å². The van der Waals surface area contributed by atoms with Crippen molar-refractivity contribution < 1.29 is 4.74 Å². The van der Waals surface area contributed by atoms with Crippen molar-refractivity contribution in [2.75, 3.05) is 26.7 Å². The van der Waals surface area contributed by atoms with Gasteiger partial charge >= 0.3 is 0 Å². The third kappa shape index (κ3) is 5.51. The van der Waals surface area contributed by atoms with Crippen LogP contribution in [0, 0.1) is 0 Å². The van der Waals surface area contributed by atoms with Crippen molar-refractivity contribution in [2.24, 2.45) is 0 Å². The summed E-state index contributed by atoms with van der Waals surface area (Å²) in [6.07, 6.45) is 2.45. The van der Waals surface area contributed by atoms with E-state index in [2.05, 4.69) is 49.2 Å².